The van der Waals surface area contributed by atoms with Crippen molar-refractivity contribution >= 4 is 6.09 Å². The maximum atomic E-state index is 12.5. The third-order valence-corrected chi connectivity index (χ3v) is 3.82. The molecule has 2 unspecified atom stereocenters. The van der Waals surface area contributed by atoms with E-state index in [2.05, 4.69) is 24.4 Å². The lowest BCUT2D eigenvalue weighted by molar-refractivity contribution is 0.0216. The molecule has 0 saturated carbocycles. The van der Waals surface area contributed by atoms with Crippen LogP contribution in [0.25, 0.3) is 0 Å². The zero-order chi connectivity index (χ0) is 16.2. The Hall–Kier alpha value is -1.99. The van der Waals surface area contributed by atoms with E-state index < -0.39 is 5.60 Å². The minimum atomic E-state index is -0.471. The molecule has 1 amide bonds. The van der Waals surface area contributed by atoms with Gasteiger partial charge in [0.15, 0.2) is 0 Å². The number of rotatable bonds is 3. The number of ether oxygens (including phenoxy) is 1. The Bertz CT molecular complexity index is 553. The van der Waals surface area contributed by atoms with E-state index in [-0.39, 0.29) is 18.1 Å². The van der Waals surface area contributed by atoms with Gasteiger partial charge in [0.2, 0.25) is 0 Å². The quantitative estimate of drug-likeness (QED) is 0.768. The number of carbonyl (C=O) groups excluding carboxylic acids is 1. The van der Waals surface area contributed by atoms with Crippen molar-refractivity contribution in [3.8, 4) is 0 Å². The summed E-state index contributed by atoms with van der Waals surface area (Å²) in [7, 11) is 0. The van der Waals surface area contributed by atoms with Crippen LogP contribution in [0.2, 0.25) is 0 Å². The summed E-state index contributed by atoms with van der Waals surface area (Å²) in [6.45, 7) is 10.1. The van der Waals surface area contributed by atoms with Crippen molar-refractivity contribution in [2.75, 3.05) is 6.54 Å². The fraction of sp³-hybridized carbons (Fsp3) is 0.474. The Morgan fingerprint density at radius 3 is 2.68 bits per heavy atom. The van der Waals surface area contributed by atoms with Crippen molar-refractivity contribution in [3.05, 3.63) is 54.3 Å². The van der Waals surface area contributed by atoms with Gasteiger partial charge in [-0.15, -0.1) is 5.73 Å². The number of hydrogen-bond donors (Lipinski definition) is 0. The van der Waals surface area contributed by atoms with Crippen molar-refractivity contribution < 1.29 is 9.53 Å². The van der Waals surface area contributed by atoms with E-state index >= 15 is 0 Å². The zero-order valence-electron chi connectivity index (χ0n) is 13.7. The molecule has 1 fully saturated rings. The maximum absolute atomic E-state index is 12.5. The van der Waals surface area contributed by atoms with Crippen molar-refractivity contribution in [1.29, 1.82) is 0 Å². The number of nitrogens with zero attached hydrogens (tertiary/aromatic N) is 1. The summed E-state index contributed by atoms with van der Waals surface area (Å²) < 4.78 is 5.55. The monoisotopic (exact) mass is 299 g/mol. The van der Waals surface area contributed by atoms with Crippen molar-refractivity contribution in [2.24, 2.45) is 0 Å². The molecule has 0 aromatic heterocycles. The van der Waals surface area contributed by atoms with E-state index in [1.54, 1.807) is 0 Å². The summed E-state index contributed by atoms with van der Waals surface area (Å²) in [6.07, 6.45) is 3.70. The normalized spacial score (nSPS) is 19.4. The second-order valence-electron chi connectivity index (χ2n) is 6.69. The first kappa shape index (κ1) is 16.4. The Balaban J connectivity index is 2.23. The number of benzene rings is 1. The topological polar surface area (TPSA) is 29.5 Å². The third-order valence-electron chi connectivity index (χ3n) is 3.82. The van der Waals surface area contributed by atoms with Crippen molar-refractivity contribution in [3.63, 3.8) is 0 Å². The van der Waals surface area contributed by atoms with Gasteiger partial charge in [0.25, 0.3) is 0 Å². The molecule has 0 radical (unpaired) electrons. The molecule has 0 N–H and O–H groups in total. The zero-order valence-corrected chi connectivity index (χ0v) is 13.7. The first-order chi connectivity index (χ1) is 10.4. The second-order valence-corrected chi connectivity index (χ2v) is 6.69. The molecular formula is C19H25NO2. The molecule has 1 aliphatic rings. The van der Waals surface area contributed by atoms with Gasteiger partial charge in [0.05, 0.1) is 0 Å². The van der Waals surface area contributed by atoms with Gasteiger partial charge in [-0.1, -0.05) is 36.9 Å². The fourth-order valence-corrected chi connectivity index (χ4v) is 2.94. The predicted octanol–water partition coefficient (Wildman–Crippen LogP) is 4.51. The molecule has 1 aromatic carbocycles. The summed E-state index contributed by atoms with van der Waals surface area (Å²) in [5.74, 6) is 0.105. The van der Waals surface area contributed by atoms with Crippen LogP contribution in [0.4, 0.5) is 4.79 Å². The highest BCUT2D eigenvalue weighted by molar-refractivity contribution is 5.69. The molecule has 22 heavy (non-hydrogen) atoms. The van der Waals surface area contributed by atoms with E-state index in [4.69, 9.17) is 4.74 Å². The van der Waals surface area contributed by atoms with Gasteiger partial charge in [-0.3, -0.25) is 0 Å². The van der Waals surface area contributed by atoms with Crippen LogP contribution in [0.3, 0.4) is 0 Å². The van der Waals surface area contributed by atoms with Gasteiger partial charge < -0.3 is 9.64 Å². The highest BCUT2D eigenvalue weighted by Gasteiger charge is 2.36. The highest BCUT2D eigenvalue weighted by Crippen LogP contribution is 2.33. The Labute approximate surface area is 133 Å². The molecule has 3 heteroatoms. The smallest absolute Gasteiger partial charge is 0.410 e. The van der Waals surface area contributed by atoms with Crippen LogP contribution in [0, 0.1) is 0 Å². The average molecular weight is 299 g/mol. The third kappa shape index (κ3) is 4.02. The average Bonchev–Trinajstić information content (AvgIpc) is 2.93. The van der Waals surface area contributed by atoms with Gasteiger partial charge in [-0.05, 0) is 45.3 Å². The number of likely N-dealkylation sites (tertiary alicyclic amines) is 1. The second kappa shape index (κ2) is 6.85. The largest absolute Gasteiger partial charge is 0.444 e. The fourth-order valence-electron chi connectivity index (χ4n) is 2.94. The van der Waals surface area contributed by atoms with E-state index in [9.17, 15) is 4.79 Å². The van der Waals surface area contributed by atoms with E-state index in [1.165, 1.54) is 5.56 Å². The first-order valence-electron chi connectivity index (χ1n) is 7.83. The molecule has 1 heterocycles. The lowest BCUT2D eigenvalue weighted by Crippen LogP contribution is -2.42. The van der Waals surface area contributed by atoms with E-state index in [1.807, 2.05) is 49.9 Å². The Morgan fingerprint density at radius 2 is 2.09 bits per heavy atom. The molecule has 3 nitrogen and oxygen atoms in total. The maximum Gasteiger partial charge on any atom is 0.410 e. The summed E-state index contributed by atoms with van der Waals surface area (Å²) in [4.78, 5) is 14.3. The lowest BCUT2D eigenvalue weighted by atomic mass is 9.90. The predicted molar refractivity (Wildman–Crippen MR) is 88.9 cm³/mol. The van der Waals surface area contributed by atoms with Gasteiger partial charge >= 0.3 is 6.09 Å². The van der Waals surface area contributed by atoms with E-state index in [0.717, 1.165) is 19.4 Å². The van der Waals surface area contributed by atoms with Crippen LogP contribution in [0.15, 0.2) is 48.7 Å². The van der Waals surface area contributed by atoms with Crippen LogP contribution in [0.5, 0.6) is 0 Å². The van der Waals surface area contributed by atoms with Crippen LogP contribution in [-0.2, 0) is 4.74 Å². The number of carbonyl (C=O) groups is 1. The number of hydrogen-bond acceptors (Lipinski definition) is 2. The van der Waals surface area contributed by atoms with E-state index in [0.29, 0.717) is 0 Å². The summed E-state index contributed by atoms with van der Waals surface area (Å²) in [5, 5.41) is 0. The van der Waals surface area contributed by atoms with Crippen molar-refractivity contribution in [2.45, 2.75) is 51.2 Å². The minimum absolute atomic E-state index is 0.103. The van der Waals surface area contributed by atoms with Crippen LogP contribution < -0.4 is 0 Å². The minimum Gasteiger partial charge on any atom is -0.444 e. The molecule has 2 rings (SSSR count). The molecule has 118 valence electrons. The molecule has 0 bridgehead atoms. The number of amides is 1. The van der Waals surface area contributed by atoms with Gasteiger partial charge in [-0.2, -0.15) is 0 Å². The van der Waals surface area contributed by atoms with Gasteiger partial charge in [0.1, 0.15) is 5.60 Å². The molecule has 0 spiro atoms. The Kier molecular flexibility index (Phi) is 5.10. The molecule has 2 atom stereocenters. The summed E-state index contributed by atoms with van der Waals surface area (Å²) in [6, 6.07) is 10.3. The lowest BCUT2D eigenvalue weighted by Gasteiger charge is -2.32. The molecule has 1 aliphatic heterocycles. The molecule has 1 saturated heterocycles. The molecule has 0 aliphatic carbocycles. The van der Waals surface area contributed by atoms with Crippen LogP contribution in [-0.4, -0.2) is 29.2 Å². The summed E-state index contributed by atoms with van der Waals surface area (Å²) >= 11 is 0. The van der Waals surface area contributed by atoms with Gasteiger partial charge in [-0.25, -0.2) is 4.79 Å². The summed E-state index contributed by atoms with van der Waals surface area (Å²) in [5.41, 5.74) is 3.61. The SMILES string of the molecule is C=C=CC(c1ccccc1)C1CCCN1C(=O)OC(C)(C)C. The van der Waals surface area contributed by atoms with Gasteiger partial charge in [0, 0.05) is 18.5 Å². The molecule has 1 aromatic rings. The molecular weight excluding hydrogens is 274 g/mol. The standard InChI is InChI=1S/C19H25NO2/c1-5-10-16(15-11-7-6-8-12-15)17-13-9-14-20(17)18(21)22-19(2,3)4/h6-8,10-12,16-17H,1,9,13-14H2,2-4H3. The van der Waals surface area contributed by atoms with Crippen molar-refractivity contribution in [1.82, 2.24) is 4.90 Å². The Morgan fingerprint density at radius 1 is 1.41 bits per heavy atom. The van der Waals surface area contributed by atoms with Crippen LogP contribution in [0.1, 0.15) is 45.1 Å². The highest BCUT2D eigenvalue weighted by atomic mass is 16.6. The first-order valence-corrected chi connectivity index (χ1v) is 7.83. The van der Waals surface area contributed by atoms with Crippen LogP contribution >= 0.6 is 0 Å².